The number of aliphatic carboxylic acids is 1. The summed E-state index contributed by atoms with van der Waals surface area (Å²) in [5, 5.41) is 14.6. The van der Waals surface area contributed by atoms with Gasteiger partial charge < -0.3 is 20.5 Å². The molecule has 1 aliphatic carbocycles. The summed E-state index contributed by atoms with van der Waals surface area (Å²) in [7, 11) is 0. The van der Waals surface area contributed by atoms with Gasteiger partial charge in [-0.25, -0.2) is 0 Å². The van der Waals surface area contributed by atoms with E-state index in [-0.39, 0.29) is 36.9 Å². The molecular formula is C25H26N4O5. The largest absolute Gasteiger partial charge is 0.490 e. The first-order valence-electron chi connectivity index (χ1n) is 11.3. The fourth-order valence-electron chi connectivity index (χ4n) is 3.97. The van der Waals surface area contributed by atoms with Gasteiger partial charge in [0.25, 0.3) is 11.8 Å². The summed E-state index contributed by atoms with van der Waals surface area (Å²) >= 11 is 0. The van der Waals surface area contributed by atoms with Crippen LogP contribution in [-0.2, 0) is 4.79 Å². The number of nitrogens with one attached hydrogen (secondary N) is 2. The number of hydrogen-bond acceptors (Lipinski definition) is 6. The Kier molecular flexibility index (Phi) is 7.31. The van der Waals surface area contributed by atoms with Gasteiger partial charge in [0.05, 0.1) is 23.1 Å². The number of rotatable bonds is 8. The van der Waals surface area contributed by atoms with E-state index >= 15 is 0 Å². The smallest absolute Gasteiger partial charge is 0.306 e. The predicted molar refractivity (Wildman–Crippen MR) is 125 cm³/mol. The van der Waals surface area contributed by atoms with Crippen LogP contribution in [-0.4, -0.2) is 52.1 Å². The number of aromatic nitrogens is 2. The Morgan fingerprint density at radius 2 is 1.41 bits per heavy atom. The van der Waals surface area contributed by atoms with Crippen LogP contribution in [0.5, 0.6) is 5.75 Å². The summed E-state index contributed by atoms with van der Waals surface area (Å²) < 4.78 is 5.93. The number of carbonyl (C=O) groups is 3. The molecule has 3 aromatic rings. The molecule has 1 aromatic heterocycles. The third kappa shape index (κ3) is 5.86. The van der Waals surface area contributed by atoms with Gasteiger partial charge in [0.15, 0.2) is 0 Å². The number of carboxylic acid groups (broad SMARTS) is 1. The lowest BCUT2D eigenvalue weighted by Gasteiger charge is -2.26. The van der Waals surface area contributed by atoms with Crippen molar-refractivity contribution < 1.29 is 24.2 Å². The van der Waals surface area contributed by atoms with Gasteiger partial charge in [0, 0.05) is 36.6 Å². The Hall–Kier alpha value is -4.01. The summed E-state index contributed by atoms with van der Waals surface area (Å²) in [4.78, 5) is 44.1. The van der Waals surface area contributed by atoms with Crippen LogP contribution in [0, 0.1) is 5.92 Å². The first kappa shape index (κ1) is 23.2. The van der Waals surface area contributed by atoms with Crippen LogP contribution in [0.1, 0.15) is 46.4 Å². The molecule has 176 valence electrons. The van der Waals surface area contributed by atoms with Crippen LogP contribution in [0.25, 0.3) is 11.0 Å². The highest BCUT2D eigenvalue weighted by molar-refractivity contribution is 5.97. The number of amides is 2. The fourth-order valence-corrected chi connectivity index (χ4v) is 3.97. The molecule has 1 saturated carbocycles. The van der Waals surface area contributed by atoms with E-state index in [1.54, 1.807) is 54.9 Å². The second-order valence-electron chi connectivity index (χ2n) is 8.23. The highest BCUT2D eigenvalue weighted by Crippen LogP contribution is 2.28. The number of ether oxygens (including phenoxy) is 1. The molecule has 9 nitrogen and oxygen atoms in total. The van der Waals surface area contributed by atoms with Crippen molar-refractivity contribution >= 4 is 28.8 Å². The van der Waals surface area contributed by atoms with E-state index in [1.165, 1.54) is 0 Å². The van der Waals surface area contributed by atoms with E-state index < -0.39 is 5.97 Å². The number of carboxylic acids is 1. The summed E-state index contributed by atoms with van der Waals surface area (Å²) in [6, 6.07) is 12.0. The normalized spacial score (nSPS) is 17.6. The molecule has 3 N–H and O–H groups in total. The lowest BCUT2D eigenvalue weighted by Crippen LogP contribution is -2.34. The molecule has 0 saturated heterocycles. The summed E-state index contributed by atoms with van der Waals surface area (Å²) in [5.74, 6) is -0.860. The first-order valence-corrected chi connectivity index (χ1v) is 11.3. The first-order chi connectivity index (χ1) is 16.5. The SMILES string of the molecule is O=C(NCCNC(=O)c1ccc2nccnc2c1)c1ccc(OC2CCC(C(=O)O)CC2)cc1. The maximum atomic E-state index is 12.4. The highest BCUT2D eigenvalue weighted by atomic mass is 16.5. The van der Waals surface area contributed by atoms with Crippen LogP contribution >= 0.6 is 0 Å². The number of carbonyl (C=O) groups excluding carboxylic acids is 2. The van der Waals surface area contributed by atoms with Gasteiger partial charge in [-0.1, -0.05) is 0 Å². The van der Waals surface area contributed by atoms with Crippen molar-refractivity contribution in [3.05, 3.63) is 66.0 Å². The Balaban J connectivity index is 1.19. The van der Waals surface area contributed by atoms with Crippen molar-refractivity contribution in [3.63, 3.8) is 0 Å². The fraction of sp³-hybridized carbons (Fsp3) is 0.320. The van der Waals surface area contributed by atoms with Crippen molar-refractivity contribution in [2.75, 3.05) is 13.1 Å². The number of hydrogen-bond donors (Lipinski definition) is 3. The summed E-state index contributed by atoms with van der Waals surface area (Å²) in [6.07, 6.45) is 5.81. The molecule has 34 heavy (non-hydrogen) atoms. The van der Waals surface area contributed by atoms with Crippen molar-refractivity contribution in [1.82, 2.24) is 20.6 Å². The second kappa shape index (κ2) is 10.7. The minimum Gasteiger partial charge on any atom is -0.490 e. The molecule has 1 fully saturated rings. The number of fused-ring (bicyclic) bond motifs is 1. The van der Waals surface area contributed by atoms with Crippen molar-refractivity contribution in [2.24, 2.45) is 5.92 Å². The average Bonchev–Trinajstić information content (AvgIpc) is 2.87. The maximum absolute atomic E-state index is 12.4. The zero-order chi connectivity index (χ0) is 23.9. The Bertz CT molecular complexity index is 1170. The third-order valence-corrected chi connectivity index (χ3v) is 5.87. The molecule has 9 heteroatoms. The minimum absolute atomic E-state index is 0.00599. The molecule has 1 heterocycles. The standard InChI is InChI=1S/C25H26N4O5/c30-23(16-1-6-19(7-2-16)34-20-8-3-17(4-9-20)25(32)33)28-13-14-29-24(31)18-5-10-21-22(15-18)27-12-11-26-21/h1-2,5-7,10-12,15,17,20H,3-4,8-9,13-14H2,(H,28,30)(H,29,31)(H,32,33). The van der Waals surface area contributed by atoms with E-state index in [9.17, 15) is 14.4 Å². The van der Waals surface area contributed by atoms with Gasteiger partial charge in [-0.15, -0.1) is 0 Å². The molecule has 0 spiro atoms. The Labute approximate surface area is 196 Å². The molecule has 2 aromatic carbocycles. The Morgan fingerprint density at radius 3 is 2.06 bits per heavy atom. The molecule has 2 amide bonds. The quantitative estimate of drug-likeness (QED) is 0.439. The maximum Gasteiger partial charge on any atom is 0.306 e. The molecule has 0 unspecified atom stereocenters. The van der Waals surface area contributed by atoms with Gasteiger partial charge >= 0.3 is 5.97 Å². The predicted octanol–water partition coefficient (Wildman–Crippen LogP) is 2.81. The molecule has 1 aliphatic rings. The topological polar surface area (TPSA) is 131 Å². The monoisotopic (exact) mass is 462 g/mol. The van der Waals surface area contributed by atoms with Crippen LogP contribution < -0.4 is 15.4 Å². The lowest BCUT2D eigenvalue weighted by atomic mass is 9.87. The molecule has 0 aliphatic heterocycles. The Morgan fingerprint density at radius 1 is 0.824 bits per heavy atom. The van der Waals surface area contributed by atoms with Gasteiger partial charge in [0.1, 0.15) is 5.75 Å². The molecule has 0 radical (unpaired) electrons. The molecular weight excluding hydrogens is 436 g/mol. The molecule has 4 rings (SSSR count). The summed E-state index contributed by atoms with van der Waals surface area (Å²) in [6.45, 7) is 0.562. The summed E-state index contributed by atoms with van der Waals surface area (Å²) in [5.41, 5.74) is 2.32. The van der Waals surface area contributed by atoms with Crippen molar-refractivity contribution in [3.8, 4) is 5.75 Å². The van der Waals surface area contributed by atoms with Gasteiger partial charge in [-0.2, -0.15) is 0 Å². The number of benzene rings is 2. The minimum atomic E-state index is -0.739. The van der Waals surface area contributed by atoms with E-state index in [4.69, 9.17) is 9.84 Å². The van der Waals surface area contributed by atoms with E-state index in [0.29, 0.717) is 53.6 Å². The van der Waals surface area contributed by atoms with Gasteiger partial charge in [-0.05, 0) is 68.1 Å². The van der Waals surface area contributed by atoms with E-state index in [2.05, 4.69) is 20.6 Å². The second-order valence-corrected chi connectivity index (χ2v) is 8.23. The lowest BCUT2D eigenvalue weighted by molar-refractivity contribution is -0.143. The van der Waals surface area contributed by atoms with E-state index in [1.807, 2.05) is 0 Å². The van der Waals surface area contributed by atoms with Crippen LogP contribution in [0.3, 0.4) is 0 Å². The zero-order valence-corrected chi connectivity index (χ0v) is 18.6. The van der Waals surface area contributed by atoms with Crippen molar-refractivity contribution in [1.29, 1.82) is 0 Å². The van der Waals surface area contributed by atoms with Crippen LogP contribution in [0.2, 0.25) is 0 Å². The van der Waals surface area contributed by atoms with Gasteiger partial charge in [0.2, 0.25) is 0 Å². The van der Waals surface area contributed by atoms with Crippen LogP contribution in [0.15, 0.2) is 54.9 Å². The average molecular weight is 463 g/mol. The van der Waals surface area contributed by atoms with Gasteiger partial charge in [-0.3, -0.25) is 24.4 Å². The zero-order valence-electron chi connectivity index (χ0n) is 18.6. The van der Waals surface area contributed by atoms with Crippen molar-refractivity contribution in [2.45, 2.75) is 31.8 Å². The molecule has 0 bridgehead atoms. The van der Waals surface area contributed by atoms with E-state index in [0.717, 1.165) is 0 Å². The highest BCUT2D eigenvalue weighted by Gasteiger charge is 2.26. The van der Waals surface area contributed by atoms with Crippen LogP contribution in [0.4, 0.5) is 0 Å². The molecule has 0 atom stereocenters. The number of nitrogens with zero attached hydrogens (tertiary/aromatic N) is 2. The third-order valence-electron chi connectivity index (χ3n) is 5.87.